The summed E-state index contributed by atoms with van der Waals surface area (Å²) in [6.07, 6.45) is 3.37. The predicted octanol–water partition coefficient (Wildman–Crippen LogP) is 5.30. The fraction of sp³-hybridized carbons (Fsp3) is 0. The van der Waals surface area contributed by atoms with Crippen LogP contribution in [0, 0.1) is 5.82 Å². The van der Waals surface area contributed by atoms with E-state index in [0.29, 0.717) is 17.5 Å². The Morgan fingerprint density at radius 3 is 2.65 bits per heavy atom. The van der Waals surface area contributed by atoms with Crippen LogP contribution in [0.4, 0.5) is 27.5 Å². The number of halogens is 2. The molecule has 5 nitrogen and oxygen atoms in total. The molecule has 4 aromatic rings. The second-order valence-electron chi connectivity index (χ2n) is 5.56. The van der Waals surface area contributed by atoms with E-state index in [-0.39, 0.29) is 5.02 Å². The van der Waals surface area contributed by atoms with Crippen molar-refractivity contribution in [1.82, 2.24) is 15.0 Å². The third-order valence-electron chi connectivity index (χ3n) is 3.69. The van der Waals surface area contributed by atoms with E-state index in [1.807, 2.05) is 30.3 Å². The Hall–Kier alpha value is -3.25. The van der Waals surface area contributed by atoms with Gasteiger partial charge < -0.3 is 10.6 Å². The molecule has 0 unspecified atom stereocenters. The molecule has 128 valence electrons. The standard InChI is InChI=1S/C19H13ClFN5/c20-15-10-13(5-6-16(15)21)25-19-22-8-7-18(26-19)24-14-9-12-3-1-2-4-17(12)23-11-14/h1-11H,(H2,22,24,25,26). The SMILES string of the molecule is Fc1ccc(Nc2nccc(Nc3cnc4ccccc4c3)n2)cc1Cl. The molecule has 2 aromatic heterocycles. The zero-order valence-electron chi connectivity index (χ0n) is 13.4. The molecule has 0 atom stereocenters. The topological polar surface area (TPSA) is 62.7 Å². The van der Waals surface area contributed by atoms with Gasteiger partial charge in [-0.2, -0.15) is 4.98 Å². The van der Waals surface area contributed by atoms with Crippen LogP contribution in [0.25, 0.3) is 10.9 Å². The van der Waals surface area contributed by atoms with Crippen molar-refractivity contribution in [1.29, 1.82) is 0 Å². The molecule has 0 aliphatic rings. The molecule has 2 aromatic carbocycles. The quantitative estimate of drug-likeness (QED) is 0.513. The number of hydrogen-bond donors (Lipinski definition) is 2. The molecule has 26 heavy (non-hydrogen) atoms. The molecule has 7 heteroatoms. The monoisotopic (exact) mass is 365 g/mol. The van der Waals surface area contributed by atoms with Gasteiger partial charge in [0.15, 0.2) is 0 Å². The van der Waals surface area contributed by atoms with Crippen molar-refractivity contribution in [2.45, 2.75) is 0 Å². The van der Waals surface area contributed by atoms with Gasteiger partial charge in [-0.25, -0.2) is 9.37 Å². The number of nitrogens with zero attached hydrogens (tertiary/aromatic N) is 3. The van der Waals surface area contributed by atoms with Crippen LogP contribution in [0.5, 0.6) is 0 Å². The predicted molar refractivity (Wildman–Crippen MR) is 102 cm³/mol. The van der Waals surface area contributed by atoms with Crippen molar-refractivity contribution >= 4 is 45.6 Å². The third-order valence-corrected chi connectivity index (χ3v) is 3.98. The summed E-state index contributed by atoms with van der Waals surface area (Å²) in [7, 11) is 0. The van der Waals surface area contributed by atoms with E-state index in [0.717, 1.165) is 16.6 Å². The number of para-hydroxylation sites is 1. The number of rotatable bonds is 4. The van der Waals surface area contributed by atoms with Crippen molar-refractivity contribution in [3.8, 4) is 0 Å². The Morgan fingerprint density at radius 1 is 0.885 bits per heavy atom. The lowest BCUT2D eigenvalue weighted by Crippen LogP contribution is -2.00. The van der Waals surface area contributed by atoms with Crippen molar-refractivity contribution in [3.63, 3.8) is 0 Å². The fourth-order valence-corrected chi connectivity index (χ4v) is 2.66. The molecule has 2 N–H and O–H groups in total. The highest BCUT2D eigenvalue weighted by atomic mass is 35.5. The van der Waals surface area contributed by atoms with Gasteiger partial charge >= 0.3 is 0 Å². The van der Waals surface area contributed by atoms with Crippen LogP contribution in [-0.4, -0.2) is 15.0 Å². The number of anilines is 4. The lowest BCUT2D eigenvalue weighted by atomic mass is 10.2. The zero-order chi connectivity index (χ0) is 17.9. The smallest absolute Gasteiger partial charge is 0.229 e. The third kappa shape index (κ3) is 3.55. The summed E-state index contributed by atoms with van der Waals surface area (Å²) in [5.74, 6) is 0.497. The summed E-state index contributed by atoms with van der Waals surface area (Å²) in [5, 5.41) is 7.27. The maximum absolute atomic E-state index is 13.2. The van der Waals surface area contributed by atoms with Gasteiger partial charge in [-0.3, -0.25) is 4.98 Å². The molecule has 0 saturated carbocycles. The highest BCUT2D eigenvalue weighted by Gasteiger charge is 2.05. The molecule has 0 saturated heterocycles. The first kappa shape index (κ1) is 16.2. The maximum Gasteiger partial charge on any atom is 0.229 e. The Morgan fingerprint density at radius 2 is 1.77 bits per heavy atom. The highest BCUT2D eigenvalue weighted by Crippen LogP contribution is 2.23. The first-order valence-electron chi connectivity index (χ1n) is 7.84. The van der Waals surface area contributed by atoms with Gasteiger partial charge in [0.1, 0.15) is 11.6 Å². The van der Waals surface area contributed by atoms with Gasteiger partial charge in [0.25, 0.3) is 0 Å². The average Bonchev–Trinajstić information content (AvgIpc) is 2.65. The first-order valence-corrected chi connectivity index (χ1v) is 8.22. The van der Waals surface area contributed by atoms with Crippen LogP contribution in [0.3, 0.4) is 0 Å². The average molecular weight is 366 g/mol. The minimum Gasteiger partial charge on any atom is -0.339 e. The molecule has 0 spiro atoms. The largest absolute Gasteiger partial charge is 0.339 e. The normalized spacial score (nSPS) is 10.7. The van der Waals surface area contributed by atoms with E-state index in [4.69, 9.17) is 11.6 Å². The van der Waals surface area contributed by atoms with E-state index in [9.17, 15) is 4.39 Å². The van der Waals surface area contributed by atoms with E-state index >= 15 is 0 Å². The van der Waals surface area contributed by atoms with Crippen molar-refractivity contribution in [2.24, 2.45) is 0 Å². The van der Waals surface area contributed by atoms with Crippen LogP contribution in [-0.2, 0) is 0 Å². The summed E-state index contributed by atoms with van der Waals surface area (Å²) < 4.78 is 13.2. The fourth-order valence-electron chi connectivity index (χ4n) is 2.48. The molecule has 4 rings (SSSR count). The molecule has 0 radical (unpaired) electrons. The second kappa shape index (κ2) is 6.93. The van der Waals surface area contributed by atoms with E-state index in [1.165, 1.54) is 12.1 Å². The minimum absolute atomic E-state index is 0.0338. The van der Waals surface area contributed by atoms with Crippen LogP contribution < -0.4 is 10.6 Å². The number of nitrogens with one attached hydrogen (secondary N) is 2. The van der Waals surface area contributed by atoms with Gasteiger partial charge in [-0.05, 0) is 36.4 Å². The number of hydrogen-bond acceptors (Lipinski definition) is 5. The van der Waals surface area contributed by atoms with Crippen molar-refractivity contribution in [3.05, 3.63) is 77.8 Å². The van der Waals surface area contributed by atoms with E-state index < -0.39 is 5.82 Å². The number of fused-ring (bicyclic) bond motifs is 1. The van der Waals surface area contributed by atoms with Crippen LogP contribution in [0.2, 0.25) is 5.02 Å². The minimum atomic E-state index is -0.475. The van der Waals surface area contributed by atoms with Gasteiger partial charge in [-0.1, -0.05) is 29.8 Å². The van der Waals surface area contributed by atoms with Gasteiger partial charge in [-0.15, -0.1) is 0 Å². The van der Waals surface area contributed by atoms with Crippen molar-refractivity contribution < 1.29 is 4.39 Å². The summed E-state index contributed by atoms with van der Waals surface area (Å²) >= 11 is 5.79. The second-order valence-corrected chi connectivity index (χ2v) is 5.97. The number of benzene rings is 2. The first-order chi connectivity index (χ1) is 12.7. The van der Waals surface area contributed by atoms with Crippen LogP contribution in [0.15, 0.2) is 67.0 Å². The highest BCUT2D eigenvalue weighted by molar-refractivity contribution is 6.31. The Bertz CT molecular complexity index is 1090. The maximum atomic E-state index is 13.2. The molecule has 0 aliphatic heterocycles. The Balaban J connectivity index is 1.55. The summed E-state index contributed by atoms with van der Waals surface area (Å²) in [6, 6.07) is 16.0. The van der Waals surface area contributed by atoms with Gasteiger partial charge in [0.2, 0.25) is 5.95 Å². The zero-order valence-corrected chi connectivity index (χ0v) is 14.2. The summed E-state index contributed by atoms with van der Waals surface area (Å²) in [5.41, 5.74) is 2.34. The molecular formula is C19H13ClFN5. The molecular weight excluding hydrogens is 353 g/mol. The number of pyridine rings is 1. The Labute approximate surface area is 153 Å². The van der Waals surface area contributed by atoms with Crippen molar-refractivity contribution in [2.75, 3.05) is 10.6 Å². The molecule has 2 heterocycles. The van der Waals surface area contributed by atoms with E-state index in [2.05, 4.69) is 25.6 Å². The van der Waals surface area contributed by atoms with Crippen LogP contribution in [0.1, 0.15) is 0 Å². The number of aromatic nitrogens is 3. The van der Waals surface area contributed by atoms with Crippen LogP contribution >= 0.6 is 11.6 Å². The lowest BCUT2D eigenvalue weighted by molar-refractivity contribution is 0.628. The molecule has 0 aliphatic carbocycles. The summed E-state index contributed by atoms with van der Waals surface area (Å²) in [4.78, 5) is 13.0. The van der Waals surface area contributed by atoms with Gasteiger partial charge in [0.05, 0.1) is 22.4 Å². The van der Waals surface area contributed by atoms with Gasteiger partial charge in [0, 0.05) is 17.3 Å². The van der Waals surface area contributed by atoms with E-state index in [1.54, 1.807) is 24.5 Å². The molecule has 0 amide bonds. The molecule has 0 bridgehead atoms. The Kier molecular flexibility index (Phi) is 4.33. The summed E-state index contributed by atoms with van der Waals surface area (Å²) in [6.45, 7) is 0. The lowest BCUT2D eigenvalue weighted by Gasteiger charge is -2.09. The molecule has 0 fully saturated rings.